The van der Waals surface area contributed by atoms with Gasteiger partial charge in [0.1, 0.15) is 13.2 Å². The molecule has 1 heterocycles. The van der Waals surface area contributed by atoms with Crippen molar-refractivity contribution in [1.82, 2.24) is 10.6 Å². The van der Waals surface area contributed by atoms with Crippen molar-refractivity contribution in [2.75, 3.05) is 19.8 Å². The molecule has 1 amide bonds. The number of alkyl halides is 3. The predicted octanol–water partition coefficient (Wildman–Crippen LogP) is 1.24. The van der Waals surface area contributed by atoms with Crippen molar-refractivity contribution in [3.05, 3.63) is 0 Å². The number of hydrogen-bond donors (Lipinski definition) is 2. The van der Waals surface area contributed by atoms with Gasteiger partial charge < -0.3 is 15.4 Å². The highest BCUT2D eigenvalue weighted by Crippen LogP contribution is 2.14. The lowest BCUT2D eigenvalue weighted by Gasteiger charge is -2.30. The van der Waals surface area contributed by atoms with E-state index in [0.29, 0.717) is 0 Å². The molecule has 0 saturated carbocycles. The van der Waals surface area contributed by atoms with E-state index in [1.54, 1.807) is 0 Å². The molecule has 1 aliphatic rings. The number of carbonyl (C=O) groups excluding carboxylic acids is 1. The Kier molecular flexibility index (Phi) is 7.58. The first-order valence-electron chi connectivity index (χ1n) is 5.56. The van der Waals surface area contributed by atoms with Crippen LogP contribution in [-0.2, 0) is 9.53 Å². The van der Waals surface area contributed by atoms with Crippen molar-refractivity contribution >= 4 is 18.3 Å². The summed E-state index contributed by atoms with van der Waals surface area (Å²) in [6.45, 7) is 0.889. The molecular formula is C10H18ClF3N2O2. The first-order chi connectivity index (χ1) is 7.88. The molecule has 1 saturated heterocycles. The normalized spacial score (nSPS) is 24.2. The zero-order chi connectivity index (χ0) is 12.9. The van der Waals surface area contributed by atoms with Crippen LogP contribution in [0.1, 0.15) is 19.8 Å². The van der Waals surface area contributed by atoms with Gasteiger partial charge in [-0.1, -0.05) is 0 Å². The quantitative estimate of drug-likeness (QED) is 0.819. The van der Waals surface area contributed by atoms with Gasteiger partial charge in [0, 0.05) is 12.1 Å². The summed E-state index contributed by atoms with van der Waals surface area (Å²) in [7, 11) is 0. The second-order valence-electron chi connectivity index (χ2n) is 4.17. The van der Waals surface area contributed by atoms with E-state index in [2.05, 4.69) is 15.4 Å². The SMILES string of the molecule is CC1NCCCC1NC(=O)COCC(F)(F)F.Cl. The summed E-state index contributed by atoms with van der Waals surface area (Å²) in [6.07, 6.45) is -2.61. The zero-order valence-corrected chi connectivity index (χ0v) is 10.9. The van der Waals surface area contributed by atoms with E-state index in [0.717, 1.165) is 19.4 Å². The Morgan fingerprint density at radius 1 is 1.50 bits per heavy atom. The van der Waals surface area contributed by atoms with Crippen LogP contribution in [0.2, 0.25) is 0 Å². The molecule has 1 fully saturated rings. The monoisotopic (exact) mass is 290 g/mol. The lowest BCUT2D eigenvalue weighted by molar-refractivity contribution is -0.175. The first kappa shape index (κ1) is 17.5. The van der Waals surface area contributed by atoms with Gasteiger partial charge in [-0.05, 0) is 26.3 Å². The van der Waals surface area contributed by atoms with Crippen LogP contribution in [0.5, 0.6) is 0 Å². The highest BCUT2D eigenvalue weighted by molar-refractivity contribution is 5.85. The molecule has 18 heavy (non-hydrogen) atoms. The molecule has 2 unspecified atom stereocenters. The van der Waals surface area contributed by atoms with Crippen molar-refractivity contribution in [3.8, 4) is 0 Å². The molecule has 0 radical (unpaired) electrons. The zero-order valence-electron chi connectivity index (χ0n) is 10.0. The van der Waals surface area contributed by atoms with Crippen LogP contribution in [0.3, 0.4) is 0 Å². The third kappa shape index (κ3) is 7.03. The molecule has 0 spiro atoms. The minimum absolute atomic E-state index is 0. The highest BCUT2D eigenvalue weighted by Gasteiger charge is 2.28. The van der Waals surface area contributed by atoms with Crippen molar-refractivity contribution < 1.29 is 22.7 Å². The van der Waals surface area contributed by atoms with Gasteiger partial charge >= 0.3 is 6.18 Å². The highest BCUT2D eigenvalue weighted by atomic mass is 35.5. The number of ether oxygens (including phenoxy) is 1. The van der Waals surface area contributed by atoms with Crippen LogP contribution in [0.4, 0.5) is 13.2 Å². The van der Waals surface area contributed by atoms with Crippen molar-refractivity contribution in [2.24, 2.45) is 0 Å². The van der Waals surface area contributed by atoms with Gasteiger partial charge in [0.05, 0.1) is 0 Å². The summed E-state index contributed by atoms with van der Waals surface area (Å²) < 4.78 is 39.6. The average molecular weight is 291 g/mol. The third-order valence-electron chi connectivity index (χ3n) is 2.61. The third-order valence-corrected chi connectivity index (χ3v) is 2.61. The van der Waals surface area contributed by atoms with Gasteiger partial charge in [-0.3, -0.25) is 4.79 Å². The molecule has 1 rings (SSSR count). The summed E-state index contributed by atoms with van der Waals surface area (Å²) in [4.78, 5) is 11.3. The van der Waals surface area contributed by atoms with E-state index in [9.17, 15) is 18.0 Å². The molecule has 0 aromatic heterocycles. The van der Waals surface area contributed by atoms with Crippen molar-refractivity contribution in [3.63, 3.8) is 0 Å². The number of halogens is 4. The fraction of sp³-hybridized carbons (Fsp3) is 0.900. The van der Waals surface area contributed by atoms with E-state index in [1.807, 2.05) is 6.92 Å². The smallest absolute Gasteiger partial charge is 0.362 e. The molecule has 108 valence electrons. The number of amides is 1. The van der Waals surface area contributed by atoms with Gasteiger partial charge in [-0.25, -0.2) is 0 Å². The predicted molar refractivity (Wildman–Crippen MR) is 62.8 cm³/mol. The van der Waals surface area contributed by atoms with Crippen LogP contribution < -0.4 is 10.6 Å². The maximum Gasteiger partial charge on any atom is 0.411 e. The Hall–Kier alpha value is -0.530. The fourth-order valence-corrected chi connectivity index (χ4v) is 1.75. The summed E-state index contributed by atoms with van der Waals surface area (Å²) in [5.74, 6) is -0.505. The van der Waals surface area contributed by atoms with Gasteiger partial charge in [0.15, 0.2) is 0 Å². The molecule has 0 bridgehead atoms. The summed E-state index contributed by atoms with van der Waals surface area (Å²) in [6, 6.07) is 0.0982. The van der Waals surface area contributed by atoms with Gasteiger partial charge in [-0.2, -0.15) is 13.2 Å². The molecule has 0 aliphatic carbocycles. The van der Waals surface area contributed by atoms with Crippen LogP contribution in [0.25, 0.3) is 0 Å². The molecule has 2 N–H and O–H groups in total. The topological polar surface area (TPSA) is 50.4 Å². The first-order valence-corrected chi connectivity index (χ1v) is 5.56. The second kappa shape index (κ2) is 7.81. The van der Waals surface area contributed by atoms with E-state index in [4.69, 9.17) is 0 Å². The molecule has 2 atom stereocenters. The Bertz CT molecular complexity index is 264. The van der Waals surface area contributed by atoms with Crippen LogP contribution in [0, 0.1) is 0 Å². The van der Waals surface area contributed by atoms with Gasteiger partial charge in [0.2, 0.25) is 5.91 Å². The van der Waals surface area contributed by atoms with Crippen LogP contribution in [0.15, 0.2) is 0 Å². The number of hydrogen-bond acceptors (Lipinski definition) is 3. The Labute approximate surface area is 110 Å². The molecule has 8 heteroatoms. The Morgan fingerprint density at radius 2 is 2.17 bits per heavy atom. The van der Waals surface area contributed by atoms with E-state index in [1.165, 1.54) is 0 Å². The van der Waals surface area contributed by atoms with Crippen molar-refractivity contribution in [2.45, 2.75) is 38.0 Å². The maximum atomic E-state index is 11.8. The van der Waals surface area contributed by atoms with E-state index in [-0.39, 0.29) is 24.5 Å². The maximum absolute atomic E-state index is 11.8. The second-order valence-corrected chi connectivity index (χ2v) is 4.17. The molecule has 4 nitrogen and oxygen atoms in total. The number of piperidine rings is 1. The Morgan fingerprint density at radius 3 is 2.72 bits per heavy atom. The van der Waals surface area contributed by atoms with Gasteiger partial charge in [-0.15, -0.1) is 12.4 Å². The lowest BCUT2D eigenvalue weighted by atomic mass is 10.00. The van der Waals surface area contributed by atoms with Crippen molar-refractivity contribution in [1.29, 1.82) is 0 Å². The summed E-state index contributed by atoms with van der Waals surface area (Å²) in [5.41, 5.74) is 0. The van der Waals surface area contributed by atoms with Crippen LogP contribution in [-0.4, -0.2) is 43.9 Å². The molecular weight excluding hydrogens is 273 g/mol. The lowest BCUT2D eigenvalue weighted by Crippen LogP contribution is -2.52. The number of nitrogens with one attached hydrogen (secondary N) is 2. The number of carbonyl (C=O) groups is 1. The summed E-state index contributed by atoms with van der Waals surface area (Å²) >= 11 is 0. The molecule has 0 aromatic carbocycles. The molecule has 0 aromatic rings. The van der Waals surface area contributed by atoms with Crippen LogP contribution >= 0.6 is 12.4 Å². The molecule has 1 aliphatic heterocycles. The fourth-order valence-electron chi connectivity index (χ4n) is 1.75. The minimum atomic E-state index is -4.39. The number of rotatable bonds is 4. The minimum Gasteiger partial charge on any atom is -0.362 e. The average Bonchev–Trinajstić information content (AvgIpc) is 2.19. The van der Waals surface area contributed by atoms with Gasteiger partial charge in [0.25, 0.3) is 0 Å². The Balaban J connectivity index is 0.00000289. The van der Waals surface area contributed by atoms with E-state index < -0.39 is 25.3 Å². The van der Waals surface area contributed by atoms with E-state index >= 15 is 0 Å². The standard InChI is InChI=1S/C10H17F3N2O2.ClH/c1-7-8(3-2-4-14-7)15-9(16)5-17-6-10(11,12)13;/h7-8,14H,2-6H2,1H3,(H,15,16);1H. The summed E-state index contributed by atoms with van der Waals surface area (Å²) in [5, 5.41) is 5.84. The largest absolute Gasteiger partial charge is 0.411 e.